The van der Waals surface area contributed by atoms with E-state index in [0.717, 1.165) is 48.9 Å². The highest BCUT2D eigenvalue weighted by molar-refractivity contribution is 7.99. The molecule has 2 aromatic rings. The Morgan fingerprint density at radius 2 is 1.81 bits per heavy atom. The van der Waals surface area contributed by atoms with E-state index in [1.54, 1.807) is 23.1 Å². The quantitative estimate of drug-likeness (QED) is 0.600. The second kappa shape index (κ2) is 9.03. The van der Waals surface area contributed by atoms with Crippen LogP contribution in [0.25, 0.3) is 0 Å². The molecule has 1 fully saturated rings. The molecule has 0 N–H and O–H groups in total. The van der Waals surface area contributed by atoms with Crippen LogP contribution >= 0.6 is 11.8 Å². The molecule has 1 amide bonds. The minimum Gasteiger partial charge on any atom is -0.311 e. The molecule has 0 aliphatic carbocycles. The van der Waals surface area contributed by atoms with Gasteiger partial charge in [0.2, 0.25) is 15.9 Å². The fraction of sp³-hybridized carbons (Fsp3) is 0.429. The van der Waals surface area contributed by atoms with Gasteiger partial charge in [0.15, 0.2) is 0 Å². The summed E-state index contributed by atoms with van der Waals surface area (Å²) in [7, 11) is -3.54. The van der Waals surface area contributed by atoms with Crippen LogP contribution in [0, 0.1) is 0 Å². The van der Waals surface area contributed by atoms with E-state index in [2.05, 4.69) is 4.98 Å². The Kier molecular flexibility index (Phi) is 6.51. The molecule has 0 saturated carbocycles. The molecule has 0 atom stereocenters. The van der Waals surface area contributed by atoms with Gasteiger partial charge in [-0.1, -0.05) is 18.2 Å². The van der Waals surface area contributed by atoms with Gasteiger partial charge in [0, 0.05) is 31.5 Å². The monoisotopic (exact) mass is 485 g/mol. The van der Waals surface area contributed by atoms with Crippen LogP contribution in [0.15, 0.2) is 46.5 Å². The van der Waals surface area contributed by atoms with Crippen molar-refractivity contribution < 1.29 is 26.4 Å². The normalized spacial score (nSPS) is 17.4. The number of aromatic nitrogens is 1. The first-order chi connectivity index (χ1) is 15.2. The molecule has 32 heavy (non-hydrogen) atoms. The third-order valence-electron chi connectivity index (χ3n) is 5.61. The van der Waals surface area contributed by atoms with Crippen molar-refractivity contribution in [2.45, 2.75) is 41.8 Å². The van der Waals surface area contributed by atoms with Crippen molar-refractivity contribution in [3.63, 3.8) is 0 Å². The van der Waals surface area contributed by atoms with Crippen molar-refractivity contribution in [3.8, 4) is 0 Å². The molecular weight excluding hydrogens is 463 g/mol. The predicted octanol–water partition coefficient (Wildman–Crippen LogP) is 3.96. The van der Waals surface area contributed by atoms with E-state index in [1.165, 1.54) is 10.4 Å². The lowest BCUT2D eigenvalue weighted by Gasteiger charge is -2.26. The van der Waals surface area contributed by atoms with Crippen molar-refractivity contribution >= 4 is 33.4 Å². The van der Waals surface area contributed by atoms with E-state index in [9.17, 15) is 26.4 Å². The number of carbonyl (C=O) groups excluding carboxylic acids is 1. The van der Waals surface area contributed by atoms with Crippen LogP contribution < -0.4 is 4.90 Å². The summed E-state index contributed by atoms with van der Waals surface area (Å²) in [6, 6.07) is 7.04. The average Bonchev–Trinajstić information content (AvgIpc) is 3.21. The number of amides is 1. The number of hydrogen-bond acceptors (Lipinski definition) is 5. The Hall–Kier alpha value is -2.11. The van der Waals surface area contributed by atoms with Crippen molar-refractivity contribution in [2.24, 2.45) is 0 Å². The Balaban J connectivity index is 1.42. The Morgan fingerprint density at radius 1 is 1.06 bits per heavy atom. The van der Waals surface area contributed by atoms with Crippen LogP contribution in [0.2, 0.25) is 0 Å². The van der Waals surface area contributed by atoms with Crippen molar-refractivity contribution in [3.05, 3.63) is 47.7 Å². The number of halogens is 3. The van der Waals surface area contributed by atoms with Gasteiger partial charge in [-0.25, -0.2) is 13.4 Å². The molecule has 0 spiro atoms. The fourth-order valence-corrected chi connectivity index (χ4v) is 6.19. The predicted molar refractivity (Wildman–Crippen MR) is 115 cm³/mol. The molecule has 2 aliphatic rings. The van der Waals surface area contributed by atoms with Crippen molar-refractivity contribution in [2.75, 3.05) is 30.3 Å². The zero-order valence-electron chi connectivity index (χ0n) is 17.1. The van der Waals surface area contributed by atoms with Crippen molar-refractivity contribution in [1.29, 1.82) is 0 Å². The average molecular weight is 486 g/mol. The van der Waals surface area contributed by atoms with E-state index in [0.29, 0.717) is 36.8 Å². The topological polar surface area (TPSA) is 70.6 Å². The lowest BCUT2D eigenvalue weighted by molar-refractivity contribution is -0.137. The first kappa shape index (κ1) is 23.1. The summed E-state index contributed by atoms with van der Waals surface area (Å²) in [6.45, 7) is 1.49. The minimum atomic E-state index is -4.45. The number of thioether (sulfide) groups is 1. The standard InChI is InChI=1S/C21H22F3N3O3S2/c22-21(23,24)16-4-7-19(25-13-16)31-14-20(28)27-11-8-15-12-17(5-6-18(15)27)32(29,30)26-9-2-1-3-10-26/h4-7,12-13H,1-3,8-11,14H2. The van der Waals surface area contributed by atoms with Gasteiger partial charge in [-0.3, -0.25) is 4.79 Å². The molecule has 0 bridgehead atoms. The van der Waals surface area contributed by atoms with E-state index in [4.69, 9.17) is 0 Å². The third-order valence-corrected chi connectivity index (χ3v) is 8.43. The number of piperidine rings is 1. The molecule has 3 heterocycles. The van der Waals surface area contributed by atoms with E-state index in [1.807, 2.05) is 0 Å². The second-order valence-corrected chi connectivity index (χ2v) is 10.7. The molecule has 1 aromatic carbocycles. The number of pyridine rings is 1. The minimum absolute atomic E-state index is 0.0195. The third kappa shape index (κ3) is 4.79. The summed E-state index contributed by atoms with van der Waals surface area (Å²) in [4.78, 5) is 18.3. The molecule has 11 heteroatoms. The van der Waals surface area contributed by atoms with Crippen LogP contribution in [0.4, 0.5) is 18.9 Å². The molecule has 1 aromatic heterocycles. The number of benzene rings is 1. The number of anilines is 1. The number of hydrogen-bond donors (Lipinski definition) is 0. The molecule has 0 radical (unpaired) electrons. The summed E-state index contributed by atoms with van der Waals surface area (Å²) in [5.41, 5.74) is 0.639. The molecule has 1 saturated heterocycles. The summed E-state index contributed by atoms with van der Waals surface area (Å²) in [5, 5.41) is 0.328. The van der Waals surface area contributed by atoms with Gasteiger partial charge >= 0.3 is 6.18 Å². The number of alkyl halides is 3. The highest BCUT2D eigenvalue weighted by Crippen LogP contribution is 2.33. The van der Waals surface area contributed by atoms with Crippen LogP contribution in [0.3, 0.4) is 0 Å². The van der Waals surface area contributed by atoms with Crippen LogP contribution in [0.1, 0.15) is 30.4 Å². The van der Waals surface area contributed by atoms with Gasteiger partial charge in [-0.05, 0) is 55.2 Å². The Labute approximate surface area is 188 Å². The molecule has 0 unspecified atom stereocenters. The highest BCUT2D eigenvalue weighted by atomic mass is 32.2. The zero-order valence-corrected chi connectivity index (χ0v) is 18.8. The molecular formula is C21H22F3N3O3S2. The van der Waals surface area contributed by atoms with Gasteiger partial charge in [0.05, 0.1) is 21.2 Å². The molecule has 4 rings (SSSR count). The van der Waals surface area contributed by atoms with Gasteiger partial charge in [0.1, 0.15) is 0 Å². The Bertz CT molecular complexity index is 1100. The van der Waals surface area contributed by atoms with Gasteiger partial charge in [0.25, 0.3) is 0 Å². The number of rotatable bonds is 5. The van der Waals surface area contributed by atoms with Crippen LogP contribution in [0.5, 0.6) is 0 Å². The van der Waals surface area contributed by atoms with E-state index < -0.39 is 21.8 Å². The fourth-order valence-electron chi connectivity index (χ4n) is 3.90. The number of fused-ring (bicyclic) bond motifs is 1. The van der Waals surface area contributed by atoms with Crippen LogP contribution in [-0.2, 0) is 27.4 Å². The van der Waals surface area contributed by atoms with E-state index in [-0.39, 0.29) is 16.6 Å². The van der Waals surface area contributed by atoms with Crippen LogP contribution in [-0.4, -0.2) is 49.0 Å². The number of nitrogens with zero attached hydrogens (tertiary/aromatic N) is 3. The largest absolute Gasteiger partial charge is 0.417 e. The first-order valence-corrected chi connectivity index (χ1v) is 12.7. The maximum atomic E-state index is 12.9. The Morgan fingerprint density at radius 3 is 2.47 bits per heavy atom. The molecule has 2 aliphatic heterocycles. The maximum Gasteiger partial charge on any atom is 0.417 e. The van der Waals surface area contributed by atoms with Gasteiger partial charge in [-0.2, -0.15) is 17.5 Å². The summed E-state index contributed by atoms with van der Waals surface area (Å²) in [5.74, 6) is -0.187. The zero-order chi connectivity index (χ0) is 22.9. The molecule has 172 valence electrons. The summed E-state index contributed by atoms with van der Waals surface area (Å²) in [6.07, 6.45) is -0.398. The van der Waals surface area contributed by atoms with Gasteiger partial charge in [-0.15, -0.1) is 0 Å². The lowest BCUT2D eigenvalue weighted by Crippen LogP contribution is -2.35. The highest BCUT2D eigenvalue weighted by Gasteiger charge is 2.31. The summed E-state index contributed by atoms with van der Waals surface area (Å²) >= 11 is 1.06. The van der Waals surface area contributed by atoms with Gasteiger partial charge < -0.3 is 4.90 Å². The SMILES string of the molecule is O=C(CSc1ccc(C(F)(F)F)cn1)N1CCc2cc(S(=O)(=O)N3CCCCC3)ccc21. The van der Waals surface area contributed by atoms with Crippen molar-refractivity contribution in [1.82, 2.24) is 9.29 Å². The smallest absolute Gasteiger partial charge is 0.311 e. The second-order valence-electron chi connectivity index (χ2n) is 7.72. The number of carbonyl (C=O) groups is 1. The maximum absolute atomic E-state index is 12.9. The van der Waals surface area contributed by atoms with E-state index >= 15 is 0 Å². The lowest BCUT2D eigenvalue weighted by atomic mass is 10.2. The summed E-state index contributed by atoms with van der Waals surface area (Å²) < 4.78 is 65.3. The first-order valence-electron chi connectivity index (χ1n) is 10.3. The number of sulfonamides is 1. The molecule has 6 nitrogen and oxygen atoms in total.